The van der Waals surface area contributed by atoms with Gasteiger partial charge in [0.05, 0.1) is 21.6 Å². The van der Waals surface area contributed by atoms with Gasteiger partial charge in [0, 0.05) is 6.54 Å². The summed E-state index contributed by atoms with van der Waals surface area (Å²) in [4.78, 5) is 4.33. The highest BCUT2D eigenvalue weighted by atomic mass is 32.1. The van der Waals surface area contributed by atoms with Crippen LogP contribution in [0.25, 0.3) is 10.2 Å². The van der Waals surface area contributed by atoms with E-state index < -0.39 is 0 Å². The highest BCUT2D eigenvalue weighted by molar-refractivity contribution is 7.16. The summed E-state index contributed by atoms with van der Waals surface area (Å²) in [6.07, 6.45) is 6.88. The lowest BCUT2D eigenvalue weighted by atomic mass is 9.89. The Hall–Kier alpha value is -1.29. The summed E-state index contributed by atoms with van der Waals surface area (Å²) in [5.74, 6) is 0.810. The molecule has 0 amide bonds. The lowest BCUT2D eigenvalue weighted by Crippen LogP contribution is -2.17. The number of hydrogen-bond acceptors (Lipinski definition) is 4. The van der Waals surface area contributed by atoms with Gasteiger partial charge in [-0.15, -0.1) is 11.3 Å². The first-order valence-electron chi connectivity index (χ1n) is 6.70. The van der Waals surface area contributed by atoms with Crippen LogP contribution in [0.2, 0.25) is 0 Å². The van der Waals surface area contributed by atoms with Gasteiger partial charge in [-0.1, -0.05) is 19.3 Å². The van der Waals surface area contributed by atoms with Crippen molar-refractivity contribution in [3.8, 4) is 0 Å². The van der Waals surface area contributed by atoms with Crippen molar-refractivity contribution in [1.82, 2.24) is 4.98 Å². The number of thiazole rings is 1. The first-order valence-corrected chi connectivity index (χ1v) is 7.58. The Bertz CT molecular complexity index is 529. The molecule has 1 aromatic carbocycles. The van der Waals surface area contributed by atoms with Gasteiger partial charge in [-0.05, 0) is 30.9 Å². The van der Waals surface area contributed by atoms with Crippen molar-refractivity contribution in [2.75, 3.05) is 17.6 Å². The van der Waals surface area contributed by atoms with Crippen LogP contribution in [0.15, 0.2) is 17.6 Å². The number of benzene rings is 1. The van der Waals surface area contributed by atoms with Gasteiger partial charge >= 0.3 is 0 Å². The van der Waals surface area contributed by atoms with Gasteiger partial charge in [0.15, 0.2) is 0 Å². The number of nitrogens with one attached hydrogen (secondary N) is 1. The van der Waals surface area contributed by atoms with Gasteiger partial charge in [-0.3, -0.25) is 0 Å². The number of anilines is 2. The molecule has 3 N–H and O–H groups in total. The summed E-state index contributed by atoms with van der Waals surface area (Å²) in [6, 6.07) is 4.19. The third kappa shape index (κ3) is 2.29. The molecule has 96 valence electrons. The molecule has 3 rings (SSSR count). The zero-order valence-corrected chi connectivity index (χ0v) is 11.3. The third-order valence-corrected chi connectivity index (χ3v) is 4.64. The van der Waals surface area contributed by atoms with E-state index in [4.69, 9.17) is 5.73 Å². The van der Waals surface area contributed by atoms with Crippen LogP contribution in [0.3, 0.4) is 0 Å². The van der Waals surface area contributed by atoms with Crippen molar-refractivity contribution in [2.24, 2.45) is 5.92 Å². The molecule has 1 aromatic heterocycles. The molecule has 1 saturated carbocycles. The molecule has 1 fully saturated rings. The normalized spacial score (nSPS) is 17.1. The Morgan fingerprint density at radius 3 is 2.94 bits per heavy atom. The van der Waals surface area contributed by atoms with Crippen LogP contribution in [0.1, 0.15) is 32.1 Å². The molecule has 0 spiro atoms. The van der Waals surface area contributed by atoms with E-state index in [0.717, 1.165) is 34.1 Å². The quantitative estimate of drug-likeness (QED) is 0.825. The van der Waals surface area contributed by atoms with Crippen molar-refractivity contribution in [3.63, 3.8) is 0 Å². The van der Waals surface area contributed by atoms with E-state index in [2.05, 4.69) is 22.4 Å². The predicted molar refractivity (Wildman–Crippen MR) is 79.1 cm³/mol. The van der Waals surface area contributed by atoms with E-state index in [1.165, 1.54) is 32.1 Å². The Morgan fingerprint density at radius 2 is 2.11 bits per heavy atom. The van der Waals surface area contributed by atoms with E-state index in [0.29, 0.717) is 0 Å². The maximum Gasteiger partial charge on any atom is 0.106 e. The lowest BCUT2D eigenvalue weighted by molar-refractivity contribution is 0.373. The van der Waals surface area contributed by atoms with Crippen LogP contribution in [0, 0.1) is 5.92 Å². The second-order valence-electron chi connectivity index (χ2n) is 5.11. The molecule has 0 radical (unpaired) electrons. The minimum Gasteiger partial charge on any atom is -0.395 e. The average Bonchev–Trinajstić information content (AvgIpc) is 2.88. The fourth-order valence-corrected chi connectivity index (χ4v) is 3.44. The molecular weight excluding hydrogens is 242 g/mol. The number of nitrogens with zero attached hydrogens (tertiary/aromatic N) is 1. The van der Waals surface area contributed by atoms with Gasteiger partial charge in [0.25, 0.3) is 0 Å². The second-order valence-corrected chi connectivity index (χ2v) is 6.00. The van der Waals surface area contributed by atoms with Crippen LogP contribution >= 0.6 is 11.3 Å². The molecule has 0 saturated heterocycles. The summed E-state index contributed by atoms with van der Waals surface area (Å²) < 4.78 is 1.16. The average molecular weight is 261 g/mol. The van der Waals surface area contributed by atoms with Crippen molar-refractivity contribution in [3.05, 3.63) is 17.6 Å². The topological polar surface area (TPSA) is 50.9 Å². The molecule has 0 unspecified atom stereocenters. The zero-order valence-electron chi connectivity index (χ0n) is 10.5. The Morgan fingerprint density at radius 1 is 1.28 bits per heavy atom. The fourth-order valence-electron chi connectivity index (χ4n) is 2.75. The zero-order chi connectivity index (χ0) is 12.4. The molecule has 0 aliphatic heterocycles. The maximum atomic E-state index is 6.16. The molecule has 4 heteroatoms. The maximum absolute atomic E-state index is 6.16. The molecule has 1 heterocycles. The summed E-state index contributed by atoms with van der Waals surface area (Å²) >= 11 is 1.64. The molecule has 1 aliphatic rings. The number of nitrogen functional groups attached to an aromatic ring is 1. The summed E-state index contributed by atoms with van der Waals surface area (Å²) in [6.45, 7) is 1.04. The smallest absolute Gasteiger partial charge is 0.106 e. The summed E-state index contributed by atoms with van der Waals surface area (Å²) in [5.41, 5.74) is 10.8. The van der Waals surface area contributed by atoms with Crippen LogP contribution in [0.4, 0.5) is 11.4 Å². The predicted octanol–water partition coefficient (Wildman–Crippen LogP) is 3.87. The number of rotatable bonds is 3. The minimum atomic E-state index is 0.796. The van der Waals surface area contributed by atoms with Gasteiger partial charge in [-0.25, -0.2) is 4.98 Å². The van der Waals surface area contributed by atoms with Crippen molar-refractivity contribution in [2.45, 2.75) is 32.1 Å². The van der Waals surface area contributed by atoms with Gasteiger partial charge in [0.1, 0.15) is 5.52 Å². The summed E-state index contributed by atoms with van der Waals surface area (Å²) in [5, 5.41) is 3.50. The van der Waals surface area contributed by atoms with Crippen molar-refractivity contribution >= 4 is 32.9 Å². The number of nitrogens with two attached hydrogens (primary N) is 1. The number of fused-ring (bicyclic) bond motifs is 1. The highest BCUT2D eigenvalue weighted by Gasteiger charge is 2.14. The third-order valence-electron chi connectivity index (χ3n) is 3.85. The van der Waals surface area contributed by atoms with Crippen molar-refractivity contribution < 1.29 is 0 Å². The Kier molecular flexibility index (Phi) is 3.37. The molecule has 1 aliphatic carbocycles. The SMILES string of the molecule is Nc1c(NCC2CCCCC2)ccc2scnc12. The van der Waals surface area contributed by atoms with Crippen LogP contribution in [0.5, 0.6) is 0 Å². The standard InChI is InChI=1S/C14H19N3S/c15-13-11(6-7-12-14(13)17-9-18-12)16-8-10-4-2-1-3-5-10/h6-7,9-10,16H,1-5,8,15H2. The van der Waals surface area contributed by atoms with E-state index in [1.54, 1.807) is 11.3 Å². The van der Waals surface area contributed by atoms with E-state index >= 15 is 0 Å². The Labute approximate surface area is 111 Å². The van der Waals surface area contributed by atoms with E-state index in [-0.39, 0.29) is 0 Å². The largest absolute Gasteiger partial charge is 0.395 e. The first-order chi connectivity index (χ1) is 8.84. The second kappa shape index (κ2) is 5.14. The first kappa shape index (κ1) is 11.8. The molecule has 0 bridgehead atoms. The van der Waals surface area contributed by atoms with Gasteiger partial charge in [0.2, 0.25) is 0 Å². The monoisotopic (exact) mass is 261 g/mol. The van der Waals surface area contributed by atoms with Crippen molar-refractivity contribution in [1.29, 1.82) is 0 Å². The molecule has 18 heavy (non-hydrogen) atoms. The highest BCUT2D eigenvalue weighted by Crippen LogP contribution is 2.31. The summed E-state index contributed by atoms with van der Waals surface area (Å²) in [7, 11) is 0. The van der Waals surface area contributed by atoms with Crippen LogP contribution < -0.4 is 11.1 Å². The number of aromatic nitrogens is 1. The van der Waals surface area contributed by atoms with Crippen LogP contribution in [-0.4, -0.2) is 11.5 Å². The fraction of sp³-hybridized carbons (Fsp3) is 0.500. The molecular formula is C14H19N3S. The molecule has 2 aromatic rings. The lowest BCUT2D eigenvalue weighted by Gasteiger charge is -2.22. The van der Waals surface area contributed by atoms with E-state index in [9.17, 15) is 0 Å². The van der Waals surface area contributed by atoms with Crippen LogP contribution in [-0.2, 0) is 0 Å². The number of hydrogen-bond donors (Lipinski definition) is 2. The van der Waals surface area contributed by atoms with E-state index in [1.807, 2.05) is 5.51 Å². The van der Waals surface area contributed by atoms with Gasteiger partial charge < -0.3 is 11.1 Å². The molecule has 3 nitrogen and oxygen atoms in total. The van der Waals surface area contributed by atoms with Gasteiger partial charge in [-0.2, -0.15) is 0 Å². The Balaban J connectivity index is 1.71. The minimum absolute atomic E-state index is 0.796. The molecule has 0 atom stereocenters.